The highest BCUT2D eigenvalue weighted by Gasteiger charge is 2.03. The number of hydrogen-bond acceptors (Lipinski definition) is 2. The summed E-state index contributed by atoms with van der Waals surface area (Å²) in [6.45, 7) is 2.21. The Balaban J connectivity index is 0. The van der Waals surface area contributed by atoms with Crippen molar-refractivity contribution in [2.45, 2.75) is 109 Å². The number of hydrogen-bond donors (Lipinski definition) is 2. The molecule has 1 unspecified atom stereocenters. The zero-order valence-corrected chi connectivity index (χ0v) is 15.7. The van der Waals surface area contributed by atoms with E-state index in [1.165, 1.54) is 51.4 Å². The molecule has 0 aromatic carbocycles. The predicted octanol–water partition coefficient (Wildman–Crippen LogP) is 4.92. The SMILES string of the molecule is CCCCCCC(O)CCCCCCCCCCC(=O)O.[Al]. The highest BCUT2D eigenvalue weighted by Crippen LogP contribution is 2.14. The van der Waals surface area contributed by atoms with Gasteiger partial charge in [0.15, 0.2) is 0 Å². The van der Waals surface area contributed by atoms with Crippen molar-refractivity contribution in [1.29, 1.82) is 0 Å². The minimum absolute atomic E-state index is 0. The zero-order valence-electron chi connectivity index (χ0n) is 14.6. The van der Waals surface area contributed by atoms with Crippen molar-refractivity contribution in [3.63, 3.8) is 0 Å². The van der Waals surface area contributed by atoms with Gasteiger partial charge in [0.1, 0.15) is 0 Å². The smallest absolute Gasteiger partial charge is 0.303 e. The van der Waals surface area contributed by atoms with Crippen LogP contribution in [0.15, 0.2) is 0 Å². The van der Waals surface area contributed by atoms with Crippen molar-refractivity contribution in [1.82, 2.24) is 0 Å². The van der Waals surface area contributed by atoms with Crippen molar-refractivity contribution in [3.8, 4) is 0 Å². The molecule has 22 heavy (non-hydrogen) atoms. The lowest BCUT2D eigenvalue weighted by atomic mass is 10.0. The van der Waals surface area contributed by atoms with Crippen LogP contribution in [0.4, 0.5) is 0 Å². The molecule has 0 aromatic rings. The Kier molecular flexibility index (Phi) is 20.9. The topological polar surface area (TPSA) is 57.5 Å². The number of aliphatic hydroxyl groups is 1. The number of aliphatic hydroxyl groups excluding tert-OH is 1. The predicted molar refractivity (Wildman–Crippen MR) is 94.3 cm³/mol. The molecule has 3 radical (unpaired) electrons. The molecule has 1 atom stereocenters. The largest absolute Gasteiger partial charge is 0.481 e. The summed E-state index contributed by atoms with van der Waals surface area (Å²) in [6.07, 6.45) is 16.3. The van der Waals surface area contributed by atoms with Crippen LogP contribution in [0.25, 0.3) is 0 Å². The van der Waals surface area contributed by atoms with Gasteiger partial charge in [0.25, 0.3) is 0 Å². The summed E-state index contributed by atoms with van der Waals surface area (Å²) in [5.74, 6) is -0.678. The van der Waals surface area contributed by atoms with E-state index in [4.69, 9.17) is 5.11 Å². The Labute approximate surface area is 148 Å². The molecule has 0 aliphatic carbocycles. The van der Waals surface area contributed by atoms with Gasteiger partial charge in [-0.3, -0.25) is 4.79 Å². The number of rotatable bonds is 16. The van der Waals surface area contributed by atoms with Crippen LogP contribution in [-0.4, -0.2) is 39.6 Å². The minimum atomic E-state index is -0.678. The van der Waals surface area contributed by atoms with E-state index in [1.54, 1.807) is 0 Å². The first-order chi connectivity index (χ1) is 10.2. The summed E-state index contributed by atoms with van der Waals surface area (Å²) in [6, 6.07) is 0. The third kappa shape index (κ3) is 20.0. The number of aliphatic carboxylic acids is 1. The fourth-order valence-corrected chi connectivity index (χ4v) is 2.67. The van der Waals surface area contributed by atoms with Crippen LogP contribution in [0, 0.1) is 0 Å². The van der Waals surface area contributed by atoms with Crippen molar-refractivity contribution in [3.05, 3.63) is 0 Å². The Morgan fingerprint density at radius 1 is 0.773 bits per heavy atom. The van der Waals surface area contributed by atoms with E-state index >= 15 is 0 Å². The van der Waals surface area contributed by atoms with Gasteiger partial charge in [-0.15, -0.1) is 0 Å². The molecule has 0 amide bonds. The molecular weight excluding hydrogens is 291 g/mol. The Hall–Kier alpha value is -0.0375. The lowest BCUT2D eigenvalue weighted by molar-refractivity contribution is -0.137. The first-order valence-corrected chi connectivity index (χ1v) is 9.06. The summed E-state index contributed by atoms with van der Waals surface area (Å²) in [5.41, 5.74) is 0. The third-order valence-electron chi connectivity index (χ3n) is 4.07. The lowest BCUT2D eigenvalue weighted by Gasteiger charge is -2.10. The van der Waals surface area contributed by atoms with Crippen LogP contribution in [0.2, 0.25) is 0 Å². The van der Waals surface area contributed by atoms with E-state index in [1.807, 2.05) is 0 Å². The van der Waals surface area contributed by atoms with E-state index in [0.717, 1.165) is 38.5 Å². The van der Waals surface area contributed by atoms with E-state index in [2.05, 4.69) is 6.92 Å². The Morgan fingerprint density at radius 2 is 1.18 bits per heavy atom. The maximum absolute atomic E-state index is 10.3. The average Bonchev–Trinajstić information content (AvgIpc) is 2.45. The van der Waals surface area contributed by atoms with Gasteiger partial charge in [0.2, 0.25) is 0 Å². The van der Waals surface area contributed by atoms with Gasteiger partial charge in [-0.2, -0.15) is 0 Å². The quantitative estimate of drug-likeness (QED) is 0.312. The van der Waals surface area contributed by atoms with Crippen LogP contribution in [0.3, 0.4) is 0 Å². The summed E-state index contributed by atoms with van der Waals surface area (Å²) in [5, 5.41) is 18.4. The third-order valence-corrected chi connectivity index (χ3v) is 4.07. The average molecular weight is 327 g/mol. The molecule has 0 rings (SSSR count). The molecule has 0 aromatic heterocycles. The van der Waals surface area contributed by atoms with Crippen molar-refractivity contribution in [2.75, 3.05) is 0 Å². The number of carbonyl (C=O) groups is 1. The summed E-state index contributed by atoms with van der Waals surface area (Å²) in [4.78, 5) is 10.3. The van der Waals surface area contributed by atoms with Gasteiger partial charge in [-0.05, 0) is 19.3 Å². The molecule has 0 bridgehead atoms. The van der Waals surface area contributed by atoms with Crippen LogP contribution in [0.1, 0.15) is 103 Å². The second-order valence-corrected chi connectivity index (χ2v) is 6.26. The molecule has 4 heteroatoms. The lowest BCUT2D eigenvalue weighted by Crippen LogP contribution is -2.05. The molecule has 0 saturated carbocycles. The van der Waals surface area contributed by atoms with Crippen LogP contribution in [-0.2, 0) is 4.79 Å². The molecule has 0 aliphatic rings. The monoisotopic (exact) mass is 327 g/mol. The standard InChI is InChI=1S/C18H36O3.Al/c1-2-3-4-11-14-17(19)15-12-9-7-5-6-8-10-13-16-18(20)21;/h17,19H,2-16H2,1H3,(H,20,21);. The van der Waals surface area contributed by atoms with E-state index in [-0.39, 0.29) is 23.5 Å². The normalized spacial score (nSPS) is 11.9. The summed E-state index contributed by atoms with van der Waals surface area (Å²) < 4.78 is 0. The van der Waals surface area contributed by atoms with Gasteiger partial charge in [-0.25, -0.2) is 0 Å². The van der Waals surface area contributed by atoms with E-state index < -0.39 is 5.97 Å². The fourth-order valence-electron chi connectivity index (χ4n) is 2.67. The number of carboxylic acid groups (broad SMARTS) is 1. The molecule has 0 spiro atoms. The van der Waals surface area contributed by atoms with Gasteiger partial charge in [0, 0.05) is 23.8 Å². The van der Waals surface area contributed by atoms with Gasteiger partial charge in [0.05, 0.1) is 6.10 Å². The Bertz CT molecular complexity index is 234. The fraction of sp³-hybridized carbons (Fsp3) is 0.944. The van der Waals surface area contributed by atoms with E-state index in [9.17, 15) is 9.90 Å². The van der Waals surface area contributed by atoms with Crippen molar-refractivity contribution < 1.29 is 15.0 Å². The number of carboxylic acids is 1. The minimum Gasteiger partial charge on any atom is -0.481 e. The molecule has 3 nitrogen and oxygen atoms in total. The highest BCUT2D eigenvalue weighted by molar-refractivity contribution is 5.75. The maximum atomic E-state index is 10.3. The van der Waals surface area contributed by atoms with E-state index in [0.29, 0.717) is 6.42 Å². The van der Waals surface area contributed by atoms with Gasteiger partial charge in [-0.1, -0.05) is 77.6 Å². The second kappa shape index (κ2) is 19.0. The van der Waals surface area contributed by atoms with Crippen LogP contribution < -0.4 is 0 Å². The molecule has 0 saturated heterocycles. The molecule has 0 fully saturated rings. The maximum Gasteiger partial charge on any atom is 0.303 e. The first-order valence-electron chi connectivity index (χ1n) is 9.06. The summed E-state index contributed by atoms with van der Waals surface area (Å²) in [7, 11) is 0. The molecular formula is C18H36AlO3. The zero-order chi connectivity index (χ0) is 15.8. The van der Waals surface area contributed by atoms with Crippen LogP contribution >= 0.6 is 0 Å². The van der Waals surface area contributed by atoms with Gasteiger partial charge < -0.3 is 10.2 Å². The molecule has 0 heterocycles. The molecule has 0 aliphatic heterocycles. The van der Waals surface area contributed by atoms with Crippen LogP contribution in [0.5, 0.6) is 0 Å². The highest BCUT2D eigenvalue weighted by atomic mass is 27.0. The summed E-state index contributed by atoms with van der Waals surface area (Å²) >= 11 is 0. The molecule has 2 N–H and O–H groups in total. The van der Waals surface area contributed by atoms with Gasteiger partial charge >= 0.3 is 5.97 Å². The second-order valence-electron chi connectivity index (χ2n) is 6.26. The first kappa shape index (κ1) is 24.2. The van der Waals surface area contributed by atoms with Crippen molar-refractivity contribution in [2.24, 2.45) is 0 Å². The van der Waals surface area contributed by atoms with Crippen molar-refractivity contribution >= 4 is 23.3 Å². The number of unbranched alkanes of at least 4 members (excludes halogenated alkanes) is 10. The molecule has 129 valence electrons. The Morgan fingerprint density at radius 3 is 1.64 bits per heavy atom.